The van der Waals surface area contributed by atoms with Crippen LogP contribution in [0, 0.1) is 11.2 Å². The molecule has 0 bridgehead atoms. The molecule has 1 saturated carbocycles. The molecule has 0 aliphatic heterocycles. The minimum absolute atomic E-state index is 0.0391. The summed E-state index contributed by atoms with van der Waals surface area (Å²) < 4.78 is 13.1. The summed E-state index contributed by atoms with van der Waals surface area (Å²) in [6, 6.07) is 15.5. The maximum absolute atomic E-state index is 13.1. The number of nitrogens with zero attached hydrogens (tertiary/aromatic N) is 1. The maximum Gasteiger partial charge on any atom is 0.352 e. The average Bonchev–Trinajstić information content (AvgIpc) is 3.54. The number of carbonyl (C=O) groups excluding carboxylic acids is 2. The Kier molecular flexibility index (Phi) is 5.40. The number of carbonyl (C=O) groups is 3. The van der Waals surface area contributed by atoms with Gasteiger partial charge in [-0.05, 0) is 73.5 Å². The zero-order valence-corrected chi connectivity index (χ0v) is 18.3. The second-order valence-corrected chi connectivity index (χ2v) is 8.31. The zero-order valence-electron chi connectivity index (χ0n) is 18.3. The molecule has 4 aromatic rings. The Hall–Kier alpha value is -4.73. The highest BCUT2D eigenvalue weighted by atomic mass is 19.1. The van der Waals surface area contributed by atoms with Gasteiger partial charge in [0.15, 0.2) is 0 Å². The summed E-state index contributed by atoms with van der Waals surface area (Å²) in [5.74, 6) is -2.31. The third-order valence-electron chi connectivity index (χ3n) is 5.91. The first kappa shape index (κ1) is 22.1. The van der Waals surface area contributed by atoms with Crippen LogP contribution >= 0.6 is 0 Å². The van der Waals surface area contributed by atoms with Crippen molar-refractivity contribution >= 4 is 51.6 Å². The second-order valence-electron chi connectivity index (χ2n) is 8.31. The third-order valence-corrected chi connectivity index (χ3v) is 5.91. The van der Waals surface area contributed by atoms with Crippen molar-refractivity contribution in [1.82, 2.24) is 9.97 Å². The molecule has 5 rings (SSSR count). The number of pyridine rings is 1. The Morgan fingerprint density at radius 1 is 0.886 bits per heavy atom. The normalized spacial score (nSPS) is 13.7. The van der Waals surface area contributed by atoms with Crippen molar-refractivity contribution in [1.29, 1.82) is 0 Å². The molecule has 0 spiro atoms. The lowest BCUT2D eigenvalue weighted by Gasteiger charge is -2.16. The zero-order chi connectivity index (χ0) is 24.6. The van der Waals surface area contributed by atoms with Gasteiger partial charge in [0.25, 0.3) is 0 Å². The molecule has 10 heteroatoms. The molecule has 2 aromatic heterocycles. The Balaban J connectivity index is 1.25. The van der Waals surface area contributed by atoms with Crippen LogP contribution in [0.4, 0.5) is 27.1 Å². The molecule has 1 fully saturated rings. The lowest BCUT2D eigenvalue weighted by Crippen LogP contribution is -2.35. The number of rotatable bonds is 7. The lowest BCUT2D eigenvalue weighted by molar-refractivity contribution is -0.131. The van der Waals surface area contributed by atoms with Gasteiger partial charge in [0.1, 0.15) is 22.6 Å². The molecule has 0 saturated heterocycles. The monoisotopic (exact) mass is 473 g/mol. The third kappa shape index (κ3) is 4.41. The first-order valence-corrected chi connectivity index (χ1v) is 10.8. The lowest BCUT2D eigenvalue weighted by atomic mass is 10.0. The Morgan fingerprint density at radius 3 is 2.03 bits per heavy atom. The van der Waals surface area contributed by atoms with Gasteiger partial charge in [0.2, 0.25) is 11.8 Å². The van der Waals surface area contributed by atoms with Crippen molar-refractivity contribution < 1.29 is 23.9 Å². The second kappa shape index (κ2) is 8.56. The van der Waals surface area contributed by atoms with Crippen LogP contribution in [0.25, 0.3) is 11.0 Å². The van der Waals surface area contributed by atoms with Crippen LogP contribution in [-0.2, 0) is 9.59 Å². The summed E-state index contributed by atoms with van der Waals surface area (Å²) in [5, 5.41) is 18.5. The fraction of sp³-hybridized carbons (Fsp3) is 0.120. The van der Waals surface area contributed by atoms with Gasteiger partial charge in [-0.3, -0.25) is 9.59 Å². The van der Waals surface area contributed by atoms with Gasteiger partial charge >= 0.3 is 5.97 Å². The number of amides is 2. The van der Waals surface area contributed by atoms with Crippen LogP contribution < -0.4 is 16.0 Å². The average molecular weight is 473 g/mol. The van der Waals surface area contributed by atoms with Crippen LogP contribution in [0.5, 0.6) is 0 Å². The van der Waals surface area contributed by atoms with Gasteiger partial charge < -0.3 is 26.0 Å². The SMILES string of the molecule is O=C(O)c1cc2c(Nc3ccc(NC(=O)C4(C(=O)Nc5ccc(F)cc5)CC4)cc3)ccnc2[nH]1. The van der Waals surface area contributed by atoms with Crippen LogP contribution in [0.3, 0.4) is 0 Å². The summed E-state index contributed by atoms with van der Waals surface area (Å²) in [6.45, 7) is 0. The quantitative estimate of drug-likeness (QED) is 0.251. The van der Waals surface area contributed by atoms with E-state index in [1.165, 1.54) is 30.3 Å². The van der Waals surface area contributed by atoms with E-state index in [0.717, 1.165) is 0 Å². The number of aromatic amines is 1. The molecule has 1 aliphatic rings. The number of H-pyrrole nitrogens is 1. The Labute approximate surface area is 198 Å². The van der Waals surface area contributed by atoms with E-state index in [0.29, 0.717) is 46.6 Å². The van der Waals surface area contributed by atoms with Crippen LogP contribution in [0.15, 0.2) is 66.9 Å². The number of halogens is 1. The number of anilines is 4. The molecule has 2 aromatic carbocycles. The number of aromatic carboxylic acids is 1. The molecule has 9 nitrogen and oxygen atoms in total. The molecular weight excluding hydrogens is 453 g/mol. The number of nitrogens with one attached hydrogen (secondary N) is 4. The number of carboxylic acid groups (broad SMARTS) is 1. The number of hydrogen-bond donors (Lipinski definition) is 5. The minimum atomic E-state index is -1.15. The van der Waals surface area contributed by atoms with Crippen molar-refractivity contribution in [3.8, 4) is 0 Å². The number of fused-ring (bicyclic) bond motifs is 1. The van der Waals surface area contributed by atoms with Crippen LogP contribution in [0.2, 0.25) is 0 Å². The standard InChI is InChI=1S/C25H20FN5O4/c26-14-1-3-16(4-2-14)29-23(34)25(10-11-25)24(35)30-17-7-5-15(6-8-17)28-19-9-12-27-21-18(19)13-20(31-21)22(32)33/h1-9,12-13H,10-11H2,(H,29,34)(H,30,35)(H,32,33)(H2,27,28,31). The molecule has 35 heavy (non-hydrogen) atoms. The molecule has 2 heterocycles. The van der Waals surface area contributed by atoms with E-state index in [4.69, 9.17) is 0 Å². The van der Waals surface area contributed by atoms with Gasteiger partial charge in [-0.1, -0.05) is 0 Å². The van der Waals surface area contributed by atoms with E-state index in [-0.39, 0.29) is 5.69 Å². The van der Waals surface area contributed by atoms with Gasteiger partial charge in [-0.15, -0.1) is 0 Å². The molecular formula is C25H20FN5O4. The molecule has 2 amide bonds. The molecule has 176 valence electrons. The number of benzene rings is 2. The largest absolute Gasteiger partial charge is 0.477 e. The summed E-state index contributed by atoms with van der Waals surface area (Å²) in [4.78, 5) is 43.7. The molecule has 5 N–H and O–H groups in total. The van der Waals surface area contributed by atoms with Gasteiger partial charge in [0, 0.05) is 28.6 Å². The summed E-state index contributed by atoms with van der Waals surface area (Å²) in [7, 11) is 0. The smallest absolute Gasteiger partial charge is 0.352 e. The fourth-order valence-corrected chi connectivity index (χ4v) is 3.76. The highest BCUT2D eigenvalue weighted by Gasteiger charge is 2.56. The summed E-state index contributed by atoms with van der Waals surface area (Å²) >= 11 is 0. The summed E-state index contributed by atoms with van der Waals surface area (Å²) in [6.07, 6.45) is 2.42. The van der Waals surface area contributed by atoms with E-state index in [9.17, 15) is 23.9 Å². The number of aromatic nitrogens is 2. The maximum atomic E-state index is 13.1. The number of hydrogen-bond acceptors (Lipinski definition) is 5. The van der Waals surface area contributed by atoms with Crippen molar-refractivity contribution in [3.63, 3.8) is 0 Å². The number of carboxylic acids is 1. The predicted octanol–water partition coefficient (Wildman–Crippen LogP) is 4.50. The fourth-order valence-electron chi connectivity index (χ4n) is 3.76. The first-order valence-electron chi connectivity index (χ1n) is 10.8. The predicted molar refractivity (Wildman–Crippen MR) is 128 cm³/mol. The van der Waals surface area contributed by atoms with Gasteiger partial charge in [0.05, 0.1) is 5.69 Å². The molecule has 0 unspecified atom stereocenters. The van der Waals surface area contributed by atoms with Crippen molar-refractivity contribution in [2.24, 2.45) is 5.41 Å². The Bertz CT molecular complexity index is 1440. The van der Waals surface area contributed by atoms with E-state index in [1.807, 2.05) is 0 Å². The van der Waals surface area contributed by atoms with Crippen molar-refractivity contribution in [3.05, 3.63) is 78.4 Å². The van der Waals surface area contributed by atoms with E-state index in [1.54, 1.807) is 36.5 Å². The topological polar surface area (TPSA) is 136 Å². The molecule has 0 atom stereocenters. The molecule has 1 aliphatic carbocycles. The summed E-state index contributed by atoms with van der Waals surface area (Å²) in [5.41, 5.74) is 1.67. The minimum Gasteiger partial charge on any atom is -0.477 e. The van der Waals surface area contributed by atoms with Crippen LogP contribution in [0.1, 0.15) is 23.3 Å². The Morgan fingerprint density at radius 2 is 1.46 bits per heavy atom. The van der Waals surface area contributed by atoms with Crippen molar-refractivity contribution in [2.45, 2.75) is 12.8 Å². The van der Waals surface area contributed by atoms with Gasteiger partial charge in [-0.25, -0.2) is 14.2 Å². The highest BCUT2D eigenvalue weighted by molar-refractivity contribution is 6.17. The highest BCUT2D eigenvalue weighted by Crippen LogP contribution is 2.47. The van der Waals surface area contributed by atoms with Gasteiger partial charge in [-0.2, -0.15) is 0 Å². The molecule has 0 radical (unpaired) electrons. The van der Waals surface area contributed by atoms with Crippen molar-refractivity contribution in [2.75, 3.05) is 16.0 Å². The first-order chi connectivity index (χ1) is 16.8. The van der Waals surface area contributed by atoms with E-state index >= 15 is 0 Å². The van der Waals surface area contributed by atoms with E-state index in [2.05, 4.69) is 25.9 Å². The van der Waals surface area contributed by atoms with Crippen LogP contribution in [-0.4, -0.2) is 32.9 Å². The van der Waals surface area contributed by atoms with E-state index < -0.39 is 29.0 Å².